The second kappa shape index (κ2) is 11.8. The van der Waals surface area contributed by atoms with Gasteiger partial charge in [-0.1, -0.05) is 36.4 Å². The lowest BCUT2D eigenvalue weighted by Gasteiger charge is -2.24. The monoisotopic (exact) mass is 579 g/mol. The molecule has 40 heavy (non-hydrogen) atoms. The van der Waals surface area contributed by atoms with Crippen molar-refractivity contribution in [1.29, 1.82) is 0 Å². The third-order valence-corrected chi connectivity index (χ3v) is 9.30. The van der Waals surface area contributed by atoms with Gasteiger partial charge in [0.15, 0.2) is 0 Å². The lowest BCUT2D eigenvalue weighted by atomic mass is 10.1. The van der Waals surface area contributed by atoms with Crippen LogP contribution < -0.4 is 19.1 Å². The van der Waals surface area contributed by atoms with Gasteiger partial charge in [-0.25, -0.2) is 16.8 Å². The number of hydrogen-bond donors (Lipinski definition) is 2. The zero-order valence-electron chi connectivity index (χ0n) is 22.2. The van der Waals surface area contributed by atoms with Crippen LogP contribution in [0.3, 0.4) is 0 Å². The topological polar surface area (TPSA) is 122 Å². The third kappa shape index (κ3) is 6.44. The predicted octanol–water partition coefficient (Wildman–Crippen LogP) is 4.95. The molecule has 4 rings (SSSR count). The van der Waals surface area contributed by atoms with Crippen molar-refractivity contribution in [2.24, 2.45) is 0 Å². The molecule has 0 heterocycles. The number of nitrogens with zero attached hydrogens (tertiary/aromatic N) is 1. The fourth-order valence-corrected chi connectivity index (χ4v) is 6.65. The van der Waals surface area contributed by atoms with Crippen molar-refractivity contribution in [2.75, 3.05) is 28.0 Å². The number of nitrogens with one attached hydrogen (secondary N) is 2. The maximum Gasteiger partial charge on any atom is 0.264 e. The average molecular weight is 580 g/mol. The standard InChI is InChI=1S/C29H29N3O6S2/c1-21-8-7-9-22(2)29(21)31-39(34,35)26-18-12-23(13-19-26)30-28(33)20-32(24-14-16-25(38-3)17-15-24)40(36,37)27-10-5-4-6-11-27/h4-19,31H,20H2,1-3H3,(H,30,33). The molecule has 0 atom stereocenters. The van der Waals surface area contributed by atoms with Crippen LogP contribution in [0.4, 0.5) is 17.1 Å². The molecule has 0 saturated carbocycles. The SMILES string of the molecule is COc1ccc(N(CC(=O)Nc2ccc(S(=O)(=O)Nc3c(C)cccc3C)cc2)S(=O)(=O)c2ccccc2)cc1. The molecular weight excluding hydrogens is 550 g/mol. The molecule has 9 nitrogen and oxygen atoms in total. The summed E-state index contributed by atoms with van der Waals surface area (Å²) in [6.07, 6.45) is 0. The molecule has 0 unspecified atom stereocenters. The van der Waals surface area contributed by atoms with E-state index in [1.807, 2.05) is 32.0 Å². The van der Waals surface area contributed by atoms with Gasteiger partial charge in [0, 0.05) is 5.69 Å². The Balaban J connectivity index is 1.53. The van der Waals surface area contributed by atoms with Crippen LogP contribution in [0.25, 0.3) is 0 Å². The molecule has 0 aliphatic rings. The van der Waals surface area contributed by atoms with Gasteiger partial charge in [-0.15, -0.1) is 0 Å². The Morgan fingerprint density at radius 2 is 1.35 bits per heavy atom. The zero-order valence-corrected chi connectivity index (χ0v) is 23.8. The number of para-hydroxylation sites is 1. The van der Waals surface area contributed by atoms with E-state index in [2.05, 4.69) is 10.0 Å². The van der Waals surface area contributed by atoms with Crippen LogP contribution in [0.1, 0.15) is 11.1 Å². The second-order valence-corrected chi connectivity index (χ2v) is 12.5. The lowest BCUT2D eigenvalue weighted by molar-refractivity contribution is -0.114. The molecule has 2 N–H and O–H groups in total. The predicted molar refractivity (Wildman–Crippen MR) is 156 cm³/mol. The number of rotatable bonds is 10. The van der Waals surface area contributed by atoms with Gasteiger partial charge in [-0.3, -0.25) is 13.8 Å². The van der Waals surface area contributed by atoms with Crippen LogP contribution in [-0.4, -0.2) is 36.4 Å². The fraction of sp³-hybridized carbons (Fsp3) is 0.138. The molecule has 1 amide bonds. The Morgan fingerprint density at radius 1 is 0.750 bits per heavy atom. The molecular formula is C29H29N3O6S2. The van der Waals surface area contributed by atoms with Crippen molar-refractivity contribution in [2.45, 2.75) is 23.6 Å². The van der Waals surface area contributed by atoms with Crippen molar-refractivity contribution in [3.8, 4) is 5.75 Å². The first-order chi connectivity index (χ1) is 19.0. The normalized spacial score (nSPS) is 11.5. The van der Waals surface area contributed by atoms with Crippen LogP contribution in [0.15, 0.2) is 107 Å². The molecule has 11 heteroatoms. The molecule has 0 saturated heterocycles. The summed E-state index contributed by atoms with van der Waals surface area (Å²) in [5.74, 6) is -0.0769. The van der Waals surface area contributed by atoms with Gasteiger partial charge in [-0.2, -0.15) is 0 Å². The first-order valence-corrected chi connectivity index (χ1v) is 15.1. The van der Waals surface area contributed by atoms with E-state index in [1.165, 1.54) is 43.5 Å². The molecule has 0 fully saturated rings. The Morgan fingerprint density at radius 3 is 1.93 bits per heavy atom. The van der Waals surface area contributed by atoms with Gasteiger partial charge in [0.1, 0.15) is 12.3 Å². The number of methoxy groups -OCH3 is 1. The van der Waals surface area contributed by atoms with Crippen molar-refractivity contribution in [1.82, 2.24) is 0 Å². The van der Waals surface area contributed by atoms with E-state index in [4.69, 9.17) is 4.74 Å². The van der Waals surface area contributed by atoms with Gasteiger partial charge in [0.05, 0.1) is 28.3 Å². The summed E-state index contributed by atoms with van der Waals surface area (Å²) < 4.78 is 61.6. The summed E-state index contributed by atoms with van der Waals surface area (Å²) in [6, 6.07) is 25.2. The molecule has 4 aromatic rings. The van der Waals surface area contributed by atoms with E-state index >= 15 is 0 Å². The minimum Gasteiger partial charge on any atom is -0.497 e. The quantitative estimate of drug-likeness (QED) is 0.274. The highest BCUT2D eigenvalue weighted by atomic mass is 32.2. The van der Waals surface area contributed by atoms with Crippen LogP contribution in [-0.2, 0) is 24.8 Å². The Labute approximate surface area is 234 Å². The molecule has 0 aliphatic carbocycles. The van der Waals surface area contributed by atoms with Crippen molar-refractivity contribution < 1.29 is 26.4 Å². The first kappa shape index (κ1) is 28.7. The third-order valence-electron chi connectivity index (χ3n) is 6.14. The highest BCUT2D eigenvalue weighted by molar-refractivity contribution is 7.93. The smallest absolute Gasteiger partial charge is 0.264 e. The van der Waals surface area contributed by atoms with Gasteiger partial charge in [-0.05, 0) is 85.6 Å². The second-order valence-electron chi connectivity index (χ2n) is 8.97. The maximum atomic E-state index is 13.5. The largest absolute Gasteiger partial charge is 0.497 e. The Bertz CT molecular complexity index is 1690. The van der Waals surface area contributed by atoms with Gasteiger partial charge >= 0.3 is 0 Å². The van der Waals surface area contributed by atoms with E-state index in [0.29, 0.717) is 17.1 Å². The van der Waals surface area contributed by atoms with E-state index < -0.39 is 32.5 Å². The minimum atomic E-state index is -4.08. The lowest BCUT2D eigenvalue weighted by Crippen LogP contribution is -2.38. The Kier molecular flexibility index (Phi) is 8.46. The van der Waals surface area contributed by atoms with E-state index in [1.54, 1.807) is 42.5 Å². The summed E-state index contributed by atoms with van der Waals surface area (Å²) >= 11 is 0. The van der Waals surface area contributed by atoms with Crippen LogP contribution in [0.2, 0.25) is 0 Å². The highest BCUT2D eigenvalue weighted by Gasteiger charge is 2.27. The molecule has 4 aromatic carbocycles. The Hall–Kier alpha value is -4.35. The summed E-state index contributed by atoms with van der Waals surface area (Å²) in [5.41, 5.74) is 2.68. The number of benzene rings is 4. The zero-order chi connectivity index (χ0) is 28.9. The maximum absolute atomic E-state index is 13.5. The van der Waals surface area contributed by atoms with Crippen LogP contribution >= 0.6 is 0 Å². The van der Waals surface area contributed by atoms with Gasteiger partial charge in [0.2, 0.25) is 5.91 Å². The summed E-state index contributed by atoms with van der Waals surface area (Å²) in [6.45, 7) is 3.12. The molecule has 0 radical (unpaired) electrons. The summed E-state index contributed by atoms with van der Waals surface area (Å²) in [7, 11) is -6.46. The van der Waals surface area contributed by atoms with Crippen molar-refractivity contribution in [3.05, 3.63) is 108 Å². The number of carbonyl (C=O) groups is 1. The van der Waals surface area contributed by atoms with Crippen molar-refractivity contribution >= 4 is 43.0 Å². The number of aryl methyl sites for hydroxylation is 2. The number of carbonyl (C=O) groups excluding carboxylic acids is 1. The summed E-state index contributed by atoms with van der Waals surface area (Å²) in [5, 5.41) is 2.65. The number of hydrogen-bond acceptors (Lipinski definition) is 6. The molecule has 0 aliphatic heterocycles. The number of ether oxygens (including phenoxy) is 1. The highest BCUT2D eigenvalue weighted by Crippen LogP contribution is 2.27. The van der Waals surface area contributed by atoms with Crippen LogP contribution in [0.5, 0.6) is 5.75 Å². The minimum absolute atomic E-state index is 0.0136. The molecule has 208 valence electrons. The van der Waals surface area contributed by atoms with E-state index in [0.717, 1.165) is 15.4 Å². The van der Waals surface area contributed by atoms with Crippen molar-refractivity contribution in [3.63, 3.8) is 0 Å². The molecule has 0 aromatic heterocycles. The summed E-state index contributed by atoms with van der Waals surface area (Å²) in [4.78, 5) is 13.1. The first-order valence-electron chi connectivity index (χ1n) is 12.2. The van der Waals surface area contributed by atoms with E-state index in [-0.39, 0.29) is 15.5 Å². The van der Waals surface area contributed by atoms with Gasteiger partial charge < -0.3 is 10.1 Å². The van der Waals surface area contributed by atoms with E-state index in [9.17, 15) is 21.6 Å². The van der Waals surface area contributed by atoms with Crippen LogP contribution in [0, 0.1) is 13.8 Å². The fourth-order valence-electron chi connectivity index (χ4n) is 4.00. The average Bonchev–Trinajstić information content (AvgIpc) is 2.94. The number of sulfonamides is 2. The molecule has 0 spiro atoms. The molecule has 0 bridgehead atoms. The van der Waals surface area contributed by atoms with Gasteiger partial charge in [0.25, 0.3) is 20.0 Å². The number of anilines is 3. The number of amides is 1.